The Balaban J connectivity index is 1.50. The van der Waals surface area contributed by atoms with Gasteiger partial charge in [-0.1, -0.05) is 59.9 Å². The summed E-state index contributed by atoms with van der Waals surface area (Å²) in [5.74, 6) is 0.785. The van der Waals surface area contributed by atoms with Gasteiger partial charge >= 0.3 is 0 Å². The standard InChI is InChI=1S/C27H23N3O2S/c1-19-25(33-27-28-24(18-29(19)27)21-13-15-23(32-2)16-14-21)26(31)30(22-11-7-4-8-12-22)17-20-9-5-3-6-10-20/h3-16,18H,17H2,1-2H3. The Morgan fingerprint density at radius 3 is 2.27 bits per heavy atom. The summed E-state index contributed by atoms with van der Waals surface area (Å²) in [7, 11) is 1.65. The van der Waals surface area contributed by atoms with E-state index in [1.165, 1.54) is 11.3 Å². The summed E-state index contributed by atoms with van der Waals surface area (Å²) >= 11 is 1.42. The van der Waals surface area contributed by atoms with E-state index in [1.54, 1.807) is 7.11 Å². The van der Waals surface area contributed by atoms with Crippen LogP contribution in [0.4, 0.5) is 5.69 Å². The molecule has 164 valence electrons. The number of amides is 1. The lowest BCUT2D eigenvalue weighted by Crippen LogP contribution is -2.30. The van der Waals surface area contributed by atoms with E-state index in [9.17, 15) is 4.79 Å². The number of fused-ring (bicyclic) bond motifs is 1. The lowest BCUT2D eigenvalue weighted by atomic mass is 10.1. The Morgan fingerprint density at radius 2 is 1.64 bits per heavy atom. The van der Waals surface area contributed by atoms with Gasteiger partial charge in [0.05, 0.1) is 19.3 Å². The highest BCUT2D eigenvalue weighted by atomic mass is 32.1. The van der Waals surface area contributed by atoms with Crippen molar-refractivity contribution >= 4 is 27.9 Å². The fourth-order valence-electron chi connectivity index (χ4n) is 3.83. The van der Waals surface area contributed by atoms with Crippen molar-refractivity contribution in [3.63, 3.8) is 0 Å². The van der Waals surface area contributed by atoms with Crippen LogP contribution in [0.5, 0.6) is 5.75 Å². The van der Waals surface area contributed by atoms with Crippen LogP contribution in [0.15, 0.2) is 91.1 Å². The largest absolute Gasteiger partial charge is 0.497 e. The number of imidazole rings is 1. The maximum Gasteiger partial charge on any atom is 0.270 e. The predicted molar refractivity (Wildman–Crippen MR) is 133 cm³/mol. The topological polar surface area (TPSA) is 46.8 Å². The molecule has 0 spiro atoms. The summed E-state index contributed by atoms with van der Waals surface area (Å²) < 4.78 is 7.25. The van der Waals surface area contributed by atoms with Gasteiger partial charge in [-0.25, -0.2) is 4.98 Å². The summed E-state index contributed by atoms with van der Waals surface area (Å²) in [6, 6.07) is 27.7. The maximum atomic E-state index is 13.7. The summed E-state index contributed by atoms with van der Waals surface area (Å²) in [6.45, 7) is 2.47. The van der Waals surface area contributed by atoms with Gasteiger partial charge in [-0.3, -0.25) is 9.20 Å². The van der Waals surface area contributed by atoms with Crippen molar-refractivity contribution < 1.29 is 9.53 Å². The van der Waals surface area contributed by atoms with E-state index >= 15 is 0 Å². The average molecular weight is 454 g/mol. The first-order valence-electron chi connectivity index (χ1n) is 10.7. The van der Waals surface area contributed by atoms with Gasteiger partial charge < -0.3 is 9.64 Å². The molecule has 0 saturated carbocycles. The molecule has 0 saturated heterocycles. The summed E-state index contributed by atoms with van der Waals surface area (Å²) in [4.78, 5) is 21.9. The molecule has 1 amide bonds. The van der Waals surface area contributed by atoms with Gasteiger partial charge in [0, 0.05) is 23.1 Å². The lowest BCUT2D eigenvalue weighted by molar-refractivity contribution is 0.0988. The number of carbonyl (C=O) groups is 1. The summed E-state index contributed by atoms with van der Waals surface area (Å²) in [6.07, 6.45) is 1.99. The van der Waals surface area contributed by atoms with E-state index in [1.807, 2.05) is 107 Å². The average Bonchev–Trinajstić information content (AvgIpc) is 3.43. The molecule has 3 aromatic carbocycles. The quantitative estimate of drug-likeness (QED) is 0.306. The highest BCUT2D eigenvalue weighted by Crippen LogP contribution is 2.30. The van der Waals surface area contributed by atoms with Gasteiger partial charge in [0.2, 0.25) is 0 Å². The fourth-order valence-corrected chi connectivity index (χ4v) is 4.88. The minimum atomic E-state index is -0.0240. The number of benzene rings is 3. The molecule has 0 fully saturated rings. The van der Waals surface area contributed by atoms with E-state index in [2.05, 4.69) is 0 Å². The number of rotatable bonds is 6. The van der Waals surface area contributed by atoms with Crippen molar-refractivity contribution in [1.82, 2.24) is 9.38 Å². The second-order valence-electron chi connectivity index (χ2n) is 7.74. The van der Waals surface area contributed by atoms with Gasteiger partial charge in [0.25, 0.3) is 5.91 Å². The molecule has 2 aromatic heterocycles. The van der Waals surface area contributed by atoms with Crippen LogP contribution in [0.2, 0.25) is 0 Å². The van der Waals surface area contributed by atoms with Crippen molar-refractivity contribution in [2.75, 3.05) is 12.0 Å². The Bertz CT molecular complexity index is 1390. The minimum Gasteiger partial charge on any atom is -0.497 e. The second kappa shape index (κ2) is 8.92. The van der Waals surface area contributed by atoms with E-state index in [0.29, 0.717) is 11.4 Å². The van der Waals surface area contributed by atoms with Crippen LogP contribution in [0, 0.1) is 6.92 Å². The SMILES string of the molecule is COc1ccc(-c2cn3c(C)c(C(=O)N(Cc4ccccc4)c4ccccc4)sc3n2)cc1. The first-order chi connectivity index (χ1) is 16.1. The third kappa shape index (κ3) is 4.13. The second-order valence-corrected chi connectivity index (χ2v) is 8.71. The van der Waals surface area contributed by atoms with Gasteiger partial charge in [0.15, 0.2) is 4.96 Å². The van der Waals surface area contributed by atoms with Crippen LogP contribution in [0.1, 0.15) is 20.9 Å². The molecular formula is C27H23N3O2S. The summed E-state index contributed by atoms with van der Waals surface area (Å²) in [5.41, 5.74) is 4.72. The van der Waals surface area contributed by atoms with Crippen LogP contribution >= 0.6 is 11.3 Å². The number of aryl methyl sites for hydroxylation is 1. The number of thiazole rings is 1. The third-order valence-electron chi connectivity index (χ3n) is 5.63. The summed E-state index contributed by atoms with van der Waals surface area (Å²) in [5, 5.41) is 0. The number of para-hydroxylation sites is 1. The molecular weight excluding hydrogens is 430 g/mol. The van der Waals surface area contributed by atoms with E-state index < -0.39 is 0 Å². The Morgan fingerprint density at radius 1 is 0.970 bits per heavy atom. The Hall–Kier alpha value is -3.90. The number of anilines is 1. The fraction of sp³-hybridized carbons (Fsp3) is 0.111. The van der Waals surface area contributed by atoms with Gasteiger partial charge in [-0.2, -0.15) is 0 Å². The first-order valence-corrected chi connectivity index (χ1v) is 11.5. The van der Waals surface area contributed by atoms with E-state index in [4.69, 9.17) is 9.72 Å². The lowest BCUT2D eigenvalue weighted by Gasteiger charge is -2.22. The maximum absolute atomic E-state index is 13.7. The number of methoxy groups -OCH3 is 1. The zero-order valence-corrected chi connectivity index (χ0v) is 19.3. The number of carbonyl (C=O) groups excluding carboxylic acids is 1. The van der Waals surface area contributed by atoms with Crippen molar-refractivity contribution in [2.45, 2.75) is 13.5 Å². The zero-order chi connectivity index (χ0) is 22.8. The highest BCUT2D eigenvalue weighted by Gasteiger charge is 2.24. The number of hydrogen-bond donors (Lipinski definition) is 0. The molecule has 0 unspecified atom stereocenters. The molecule has 0 aliphatic carbocycles. The molecule has 33 heavy (non-hydrogen) atoms. The molecule has 5 aromatic rings. The number of nitrogens with zero attached hydrogens (tertiary/aromatic N) is 3. The van der Waals surface area contributed by atoms with Crippen molar-refractivity contribution in [1.29, 1.82) is 0 Å². The monoisotopic (exact) mass is 453 g/mol. The Labute approximate surface area is 196 Å². The minimum absolute atomic E-state index is 0.0240. The van der Waals surface area contributed by atoms with Crippen LogP contribution in [-0.2, 0) is 6.54 Å². The number of aromatic nitrogens is 2. The van der Waals surface area contributed by atoms with Crippen molar-refractivity contribution in [2.24, 2.45) is 0 Å². The molecule has 6 heteroatoms. The first kappa shape index (κ1) is 21.0. The molecule has 0 aliphatic heterocycles. The molecule has 0 radical (unpaired) electrons. The normalized spacial score (nSPS) is 11.0. The van der Waals surface area contributed by atoms with Crippen LogP contribution in [0.25, 0.3) is 16.2 Å². The molecule has 0 atom stereocenters. The molecule has 0 bridgehead atoms. The third-order valence-corrected chi connectivity index (χ3v) is 6.78. The molecule has 0 N–H and O–H groups in total. The smallest absolute Gasteiger partial charge is 0.270 e. The van der Waals surface area contributed by atoms with Crippen molar-refractivity contribution in [3.05, 3.63) is 107 Å². The van der Waals surface area contributed by atoms with E-state index in [0.717, 1.165) is 38.9 Å². The van der Waals surface area contributed by atoms with Gasteiger partial charge in [0.1, 0.15) is 10.6 Å². The molecule has 2 heterocycles. The zero-order valence-electron chi connectivity index (χ0n) is 18.4. The molecule has 5 rings (SSSR count). The van der Waals surface area contributed by atoms with Gasteiger partial charge in [-0.05, 0) is 48.9 Å². The van der Waals surface area contributed by atoms with Crippen molar-refractivity contribution in [3.8, 4) is 17.0 Å². The molecule has 0 aliphatic rings. The molecule has 5 nitrogen and oxygen atoms in total. The highest BCUT2D eigenvalue weighted by molar-refractivity contribution is 7.19. The van der Waals surface area contributed by atoms with E-state index in [-0.39, 0.29) is 5.91 Å². The van der Waals surface area contributed by atoms with Gasteiger partial charge in [-0.15, -0.1) is 0 Å². The van der Waals surface area contributed by atoms with Crippen LogP contribution in [-0.4, -0.2) is 22.4 Å². The number of ether oxygens (including phenoxy) is 1. The predicted octanol–water partition coefficient (Wildman–Crippen LogP) is 6.23. The van der Waals surface area contributed by atoms with Crippen LogP contribution in [0.3, 0.4) is 0 Å². The number of hydrogen-bond acceptors (Lipinski definition) is 4. The van der Waals surface area contributed by atoms with Crippen LogP contribution < -0.4 is 9.64 Å². The Kier molecular flexibility index (Phi) is 5.67.